The van der Waals surface area contributed by atoms with Crippen LogP contribution in [-0.4, -0.2) is 68.8 Å². The Labute approximate surface area is 199 Å². The molecular formula is C23H46N4O6. The van der Waals surface area contributed by atoms with Gasteiger partial charge in [0.1, 0.15) is 11.2 Å². The summed E-state index contributed by atoms with van der Waals surface area (Å²) in [6, 6.07) is 0. The van der Waals surface area contributed by atoms with Crippen LogP contribution in [0.2, 0.25) is 0 Å². The van der Waals surface area contributed by atoms with Gasteiger partial charge in [0.25, 0.3) is 0 Å². The molecule has 0 aliphatic heterocycles. The molecule has 0 aromatic heterocycles. The van der Waals surface area contributed by atoms with E-state index in [1.54, 1.807) is 20.8 Å². The van der Waals surface area contributed by atoms with Crippen molar-refractivity contribution >= 4 is 18.3 Å². The molecule has 0 spiro atoms. The Balaban J connectivity index is 3.67. The molecule has 0 aromatic rings. The maximum absolute atomic E-state index is 11.8. The van der Waals surface area contributed by atoms with Crippen molar-refractivity contribution in [3.63, 3.8) is 0 Å². The quantitative estimate of drug-likeness (QED) is 0.238. The highest BCUT2D eigenvalue weighted by Crippen LogP contribution is 2.07. The first-order chi connectivity index (χ1) is 15.2. The molecule has 0 saturated heterocycles. The smallest absolute Gasteiger partial charge is 0.407 e. The van der Waals surface area contributed by atoms with Gasteiger partial charge in [0.15, 0.2) is 0 Å². The molecule has 0 aliphatic rings. The van der Waals surface area contributed by atoms with Crippen molar-refractivity contribution in [3.8, 4) is 0 Å². The van der Waals surface area contributed by atoms with Crippen LogP contribution in [-0.2, 0) is 14.2 Å². The Morgan fingerprint density at radius 2 is 1.15 bits per heavy atom. The Bertz CT molecular complexity index is 586. The number of unbranched alkanes of at least 4 members (excludes halogenated alkanes) is 1. The van der Waals surface area contributed by atoms with Gasteiger partial charge in [-0.15, -0.1) is 0 Å². The molecule has 0 heterocycles. The highest BCUT2D eigenvalue weighted by molar-refractivity contribution is 5.68. The Morgan fingerprint density at radius 1 is 0.667 bits per heavy atom. The van der Waals surface area contributed by atoms with E-state index in [-0.39, 0.29) is 18.4 Å². The molecule has 2 atom stereocenters. The van der Waals surface area contributed by atoms with Gasteiger partial charge in [0.2, 0.25) is 0 Å². The SMILES string of the molecule is CC(CNCCCCNC(=O)OCC(C)CNC(=O)OC(C)(C)C)CNC(=O)OC(C)(C)C. The van der Waals surface area contributed by atoms with Crippen LogP contribution in [0.15, 0.2) is 0 Å². The summed E-state index contributed by atoms with van der Waals surface area (Å²) < 4.78 is 15.5. The largest absolute Gasteiger partial charge is 0.449 e. The monoisotopic (exact) mass is 474 g/mol. The van der Waals surface area contributed by atoms with E-state index in [9.17, 15) is 14.4 Å². The van der Waals surface area contributed by atoms with E-state index in [0.717, 1.165) is 25.9 Å². The van der Waals surface area contributed by atoms with Crippen LogP contribution in [0.25, 0.3) is 0 Å². The molecule has 10 heteroatoms. The lowest BCUT2D eigenvalue weighted by Crippen LogP contribution is -2.37. The number of alkyl carbamates (subject to hydrolysis) is 3. The third-order valence-corrected chi connectivity index (χ3v) is 4.03. The second-order valence-electron chi connectivity index (χ2n) is 10.4. The maximum Gasteiger partial charge on any atom is 0.407 e. The molecule has 4 N–H and O–H groups in total. The maximum atomic E-state index is 11.8. The molecule has 33 heavy (non-hydrogen) atoms. The third-order valence-electron chi connectivity index (χ3n) is 4.03. The highest BCUT2D eigenvalue weighted by Gasteiger charge is 2.17. The second-order valence-corrected chi connectivity index (χ2v) is 10.4. The minimum atomic E-state index is -0.545. The minimum Gasteiger partial charge on any atom is -0.449 e. The molecule has 0 fully saturated rings. The summed E-state index contributed by atoms with van der Waals surface area (Å²) in [6.07, 6.45) is 0.376. The predicted octanol–water partition coefficient (Wildman–Crippen LogP) is 3.40. The number of nitrogens with one attached hydrogen (secondary N) is 4. The topological polar surface area (TPSA) is 127 Å². The molecular weight excluding hydrogens is 428 g/mol. The third kappa shape index (κ3) is 21.4. The van der Waals surface area contributed by atoms with Crippen LogP contribution in [0.4, 0.5) is 14.4 Å². The zero-order valence-corrected chi connectivity index (χ0v) is 21.8. The Hall–Kier alpha value is -2.23. The van der Waals surface area contributed by atoms with Crippen LogP contribution in [0.3, 0.4) is 0 Å². The van der Waals surface area contributed by atoms with Crippen LogP contribution in [0.5, 0.6) is 0 Å². The fourth-order valence-corrected chi connectivity index (χ4v) is 2.46. The van der Waals surface area contributed by atoms with E-state index in [1.165, 1.54) is 0 Å². The fourth-order valence-electron chi connectivity index (χ4n) is 2.46. The molecule has 0 aliphatic carbocycles. The fraction of sp³-hybridized carbons (Fsp3) is 0.870. The lowest BCUT2D eigenvalue weighted by Gasteiger charge is -2.21. The predicted molar refractivity (Wildman–Crippen MR) is 128 cm³/mol. The second kappa shape index (κ2) is 15.6. The summed E-state index contributed by atoms with van der Waals surface area (Å²) in [7, 11) is 0. The summed E-state index contributed by atoms with van der Waals surface area (Å²) in [5.41, 5.74) is -1.04. The first-order valence-corrected chi connectivity index (χ1v) is 11.7. The van der Waals surface area contributed by atoms with Crippen molar-refractivity contribution in [1.82, 2.24) is 21.3 Å². The van der Waals surface area contributed by atoms with Gasteiger partial charge in [-0.2, -0.15) is 0 Å². The van der Waals surface area contributed by atoms with Crippen LogP contribution in [0.1, 0.15) is 68.2 Å². The molecule has 0 bridgehead atoms. The van der Waals surface area contributed by atoms with Gasteiger partial charge in [-0.3, -0.25) is 0 Å². The van der Waals surface area contributed by atoms with Crippen molar-refractivity contribution in [2.24, 2.45) is 11.8 Å². The molecule has 0 radical (unpaired) electrons. The normalized spacial score (nSPS) is 13.5. The molecule has 0 aromatic carbocycles. The number of rotatable bonds is 13. The number of ether oxygens (including phenoxy) is 3. The van der Waals surface area contributed by atoms with Gasteiger partial charge < -0.3 is 35.5 Å². The van der Waals surface area contributed by atoms with Gasteiger partial charge in [-0.05, 0) is 73.4 Å². The van der Waals surface area contributed by atoms with Gasteiger partial charge >= 0.3 is 18.3 Å². The van der Waals surface area contributed by atoms with Gasteiger partial charge in [-0.25, -0.2) is 14.4 Å². The van der Waals surface area contributed by atoms with Gasteiger partial charge in [-0.1, -0.05) is 13.8 Å². The number of amides is 3. The number of hydrogen-bond acceptors (Lipinski definition) is 7. The van der Waals surface area contributed by atoms with E-state index in [0.29, 0.717) is 19.6 Å². The highest BCUT2D eigenvalue weighted by atomic mass is 16.6. The van der Waals surface area contributed by atoms with Crippen molar-refractivity contribution < 1.29 is 28.6 Å². The number of carbonyl (C=O) groups is 3. The average Bonchev–Trinajstić information content (AvgIpc) is 2.65. The summed E-state index contributed by atoms with van der Waals surface area (Å²) >= 11 is 0. The van der Waals surface area contributed by atoms with Crippen molar-refractivity contribution in [1.29, 1.82) is 0 Å². The molecule has 0 rings (SSSR count). The Morgan fingerprint density at radius 3 is 1.67 bits per heavy atom. The average molecular weight is 475 g/mol. The standard InChI is InChI=1S/C23H46N4O6/c1-17(14-26-20(29)32-22(3,4)5)13-24-11-9-10-12-25-19(28)31-16-18(2)15-27-21(30)33-23(6,7)8/h17-18,24H,9-16H2,1-8H3,(H,25,28)(H,26,29)(H,27,30). The zero-order chi connectivity index (χ0) is 25.5. The molecule has 10 nitrogen and oxygen atoms in total. The summed E-state index contributed by atoms with van der Waals surface area (Å²) in [4.78, 5) is 35.0. The molecule has 194 valence electrons. The van der Waals surface area contributed by atoms with Crippen LogP contribution in [0, 0.1) is 11.8 Å². The molecule has 3 amide bonds. The van der Waals surface area contributed by atoms with Crippen molar-refractivity contribution in [2.45, 2.75) is 79.4 Å². The molecule has 0 saturated carbocycles. The van der Waals surface area contributed by atoms with Crippen molar-refractivity contribution in [3.05, 3.63) is 0 Å². The summed E-state index contributed by atoms with van der Waals surface area (Å²) in [5.74, 6) is 0.247. The Kier molecular flexibility index (Phi) is 14.5. The number of carbonyl (C=O) groups excluding carboxylic acids is 3. The van der Waals surface area contributed by atoms with Gasteiger partial charge in [0, 0.05) is 25.6 Å². The lowest BCUT2D eigenvalue weighted by atomic mass is 10.2. The summed E-state index contributed by atoms with van der Waals surface area (Å²) in [5, 5.41) is 11.5. The van der Waals surface area contributed by atoms with E-state index in [1.807, 2.05) is 34.6 Å². The van der Waals surface area contributed by atoms with E-state index in [2.05, 4.69) is 21.3 Å². The van der Waals surface area contributed by atoms with Crippen LogP contribution >= 0.6 is 0 Å². The first kappa shape index (κ1) is 30.8. The van der Waals surface area contributed by atoms with Gasteiger partial charge in [0.05, 0.1) is 6.61 Å². The van der Waals surface area contributed by atoms with E-state index in [4.69, 9.17) is 14.2 Å². The van der Waals surface area contributed by atoms with Crippen molar-refractivity contribution in [2.75, 3.05) is 39.3 Å². The number of hydrogen-bond donors (Lipinski definition) is 4. The van der Waals surface area contributed by atoms with Crippen LogP contribution < -0.4 is 21.3 Å². The van der Waals surface area contributed by atoms with E-state index >= 15 is 0 Å². The first-order valence-electron chi connectivity index (χ1n) is 11.7. The lowest BCUT2D eigenvalue weighted by molar-refractivity contribution is 0.0503. The van der Waals surface area contributed by atoms with E-state index < -0.39 is 29.5 Å². The summed E-state index contributed by atoms with van der Waals surface area (Å²) in [6.45, 7) is 18.1. The zero-order valence-electron chi connectivity index (χ0n) is 21.8. The molecule has 2 unspecified atom stereocenters. The minimum absolute atomic E-state index is 0.0285.